The first-order valence-electron chi connectivity index (χ1n) is 9.60. The maximum Gasteiger partial charge on any atom is 0.191 e. The van der Waals surface area contributed by atoms with E-state index in [1.165, 1.54) is 6.07 Å². The normalized spacial score (nSPS) is 11.9. The van der Waals surface area contributed by atoms with Crippen molar-refractivity contribution in [3.63, 3.8) is 0 Å². The Kier molecular flexibility index (Phi) is 8.76. The molecule has 6 nitrogen and oxygen atoms in total. The number of nitrogens with one attached hydrogen (secondary N) is 2. The van der Waals surface area contributed by atoms with E-state index in [1.54, 1.807) is 31.8 Å². The highest BCUT2D eigenvalue weighted by atomic mass is 32.2. The van der Waals surface area contributed by atoms with Crippen LogP contribution in [0.4, 0.5) is 4.39 Å². The van der Waals surface area contributed by atoms with E-state index in [1.807, 2.05) is 12.3 Å². The summed E-state index contributed by atoms with van der Waals surface area (Å²) < 4.78 is 15.6. The Morgan fingerprint density at radius 2 is 2.07 bits per heavy atom. The first-order chi connectivity index (χ1) is 13.4. The summed E-state index contributed by atoms with van der Waals surface area (Å²) in [6, 6.07) is 5.13. The zero-order valence-electron chi connectivity index (χ0n) is 17.4. The van der Waals surface area contributed by atoms with Gasteiger partial charge in [0.15, 0.2) is 11.1 Å². The number of benzene rings is 1. The summed E-state index contributed by atoms with van der Waals surface area (Å²) in [7, 11) is 1.75. The summed E-state index contributed by atoms with van der Waals surface area (Å²) in [6.07, 6.45) is 3.83. The molecule has 0 aliphatic rings. The van der Waals surface area contributed by atoms with Crippen LogP contribution in [-0.2, 0) is 19.5 Å². The zero-order chi connectivity index (χ0) is 20.5. The number of aromatic nitrogens is 3. The van der Waals surface area contributed by atoms with E-state index in [9.17, 15) is 4.39 Å². The molecule has 0 aliphatic heterocycles. The monoisotopic (exact) mass is 406 g/mol. The van der Waals surface area contributed by atoms with Gasteiger partial charge in [0.2, 0.25) is 0 Å². The topological polar surface area (TPSA) is 67.1 Å². The summed E-state index contributed by atoms with van der Waals surface area (Å²) in [4.78, 5) is 4.25. The molecule has 154 valence electrons. The van der Waals surface area contributed by atoms with E-state index in [0.29, 0.717) is 18.0 Å². The SMILES string of the molecule is CN=C(NCCCc1nnc(SC)n1CC(C)C)NCc1ccc(F)c(C)c1. The first kappa shape index (κ1) is 22.2. The minimum atomic E-state index is -0.179. The Bertz CT molecular complexity index is 787. The largest absolute Gasteiger partial charge is 0.356 e. The number of rotatable bonds is 9. The van der Waals surface area contributed by atoms with Crippen LogP contribution in [0, 0.1) is 18.7 Å². The Labute approximate surface area is 171 Å². The van der Waals surface area contributed by atoms with E-state index >= 15 is 0 Å². The van der Waals surface area contributed by atoms with Crippen molar-refractivity contribution < 1.29 is 4.39 Å². The molecule has 0 saturated heterocycles. The van der Waals surface area contributed by atoms with Crippen molar-refractivity contribution in [1.82, 2.24) is 25.4 Å². The summed E-state index contributed by atoms with van der Waals surface area (Å²) in [5.41, 5.74) is 1.67. The predicted octanol–water partition coefficient (Wildman–Crippen LogP) is 3.40. The highest BCUT2D eigenvalue weighted by Crippen LogP contribution is 2.16. The Morgan fingerprint density at radius 1 is 1.29 bits per heavy atom. The smallest absolute Gasteiger partial charge is 0.191 e. The van der Waals surface area contributed by atoms with Crippen LogP contribution in [0.25, 0.3) is 0 Å². The molecule has 0 atom stereocenters. The molecule has 0 saturated carbocycles. The predicted molar refractivity (Wildman–Crippen MR) is 114 cm³/mol. The molecule has 0 amide bonds. The highest BCUT2D eigenvalue weighted by molar-refractivity contribution is 7.98. The second-order valence-electron chi connectivity index (χ2n) is 7.15. The van der Waals surface area contributed by atoms with Crippen LogP contribution in [0.5, 0.6) is 0 Å². The molecule has 1 heterocycles. The molecule has 1 aromatic carbocycles. The lowest BCUT2D eigenvalue weighted by atomic mass is 10.1. The molecule has 28 heavy (non-hydrogen) atoms. The lowest BCUT2D eigenvalue weighted by Crippen LogP contribution is -2.37. The van der Waals surface area contributed by atoms with Crippen molar-refractivity contribution in [3.05, 3.63) is 41.0 Å². The number of nitrogens with zero attached hydrogens (tertiary/aromatic N) is 4. The third-order valence-corrected chi connectivity index (χ3v) is 4.97. The fourth-order valence-corrected chi connectivity index (χ4v) is 3.40. The fourth-order valence-electron chi connectivity index (χ4n) is 2.88. The van der Waals surface area contributed by atoms with Crippen LogP contribution in [-0.4, -0.2) is 40.6 Å². The molecule has 0 fully saturated rings. The van der Waals surface area contributed by atoms with Gasteiger partial charge in [-0.3, -0.25) is 4.99 Å². The van der Waals surface area contributed by atoms with Gasteiger partial charge in [0.05, 0.1) is 0 Å². The van der Waals surface area contributed by atoms with Gasteiger partial charge in [0.25, 0.3) is 0 Å². The highest BCUT2D eigenvalue weighted by Gasteiger charge is 2.12. The average molecular weight is 407 g/mol. The van der Waals surface area contributed by atoms with Crippen LogP contribution in [0.2, 0.25) is 0 Å². The van der Waals surface area contributed by atoms with Crippen molar-refractivity contribution in [3.8, 4) is 0 Å². The molecule has 0 aliphatic carbocycles. The van der Waals surface area contributed by atoms with Gasteiger partial charge >= 0.3 is 0 Å². The van der Waals surface area contributed by atoms with Gasteiger partial charge in [0, 0.05) is 33.1 Å². The molecule has 8 heteroatoms. The van der Waals surface area contributed by atoms with Gasteiger partial charge in [-0.1, -0.05) is 37.7 Å². The van der Waals surface area contributed by atoms with Crippen LogP contribution in [0.3, 0.4) is 0 Å². The molecule has 0 unspecified atom stereocenters. The van der Waals surface area contributed by atoms with Crippen LogP contribution in [0.1, 0.15) is 37.2 Å². The van der Waals surface area contributed by atoms with Gasteiger partial charge in [-0.25, -0.2) is 4.39 Å². The lowest BCUT2D eigenvalue weighted by Gasteiger charge is -2.13. The van der Waals surface area contributed by atoms with Crippen molar-refractivity contribution in [2.45, 2.75) is 51.9 Å². The molecule has 0 spiro atoms. The summed E-state index contributed by atoms with van der Waals surface area (Å²) in [5, 5.41) is 16.2. The van der Waals surface area contributed by atoms with E-state index in [2.05, 4.69) is 44.2 Å². The quantitative estimate of drug-likeness (QED) is 0.289. The summed E-state index contributed by atoms with van der Waals surface area (Å²) >= 11 is 1.63. The molecule has 0 bridgehead atoms. The van der Waals surface area contributed by atoms with Gasteiger partial charge in [-0.2, -0.15) is 0 Å². The molecule has 1 aromatic heterocycles. The number of halogens is 1. The minimum Gasteiger partial charge on any atom is -0.356 e. The van der Waals surface area contributed by atoms with Gasteiger partial charge in [0.1, 0.15) is 11.6 Å². The summed E-state index contributed by atoms with van der Waals surface area (Å²) in [5.74, 6) is 2.14. The van der Waals surface area contributed by atoms with Gasteiger partial charge < -0.3 is 15.2 Å². The second-order valence-corrected chi connectivity index (χ2v) is 7.92. The molecule has 2 rings (SSSR count). The fraction of sp³-hybridized carbons (Fsp3) is 0.550. The van der Waals surface area contributed by atoms with Crippen LogP contribution in [0.15, 0.2) is 28.3 Å². The Hall–Kier alpha value is -2.09. The number of hydrogen-bond donors (Lipinski definition) is 2. The Balaban J connectivity index is 1.80. The second kappa shape index (κ2) is 11.0. The van der Waals surface area contributed by atoms with E-state index < -0.39 is 0 Å². The number of hydrogen-bond acceptors (Lipinski definition) is 4. The van der Waals surface area contributed by atoms with E-state index in [0.717, 1.165) is 48.4 Å². The van der Waals surface area contributed by atoms with Crippen molar-refractivity contribution in [2.75, 3.05) is 19.8 Å². The van der Waals surface area contributed by atoms with Crippen molar-refractivity contribution in [1.29, 1.82) is 0 Å². The number of aryl methyl sites for hydroxylation is 2. The first-order valence-corrected chi connectivity index (χ1v) is 10.8. The summed E-state index contributed by atoms with van der Waals surface area (Å²) in [6.45, 7) is 8.49. The van der Waals surface area contributed by atoms with Crippen LogP contribution >= 0.6 is 11.8 Å². The molecule has 0 radical (unpaired) electrons. The zero-order valence-corrected chi connectivity index (χ0v) is 18.2. The molecular weight excluding hydrogens is 375 g/mol. The van der Waals surface area contributed by atoms with E-state index in [4.69, 9.17) is 0 Å². The molecular formula is C20H31FN6S. The number of thioether (sulfide) groups is 1. The standard InChI is InChI=1S/C20H31FN6S/c1-14(2)13-27-18(25-26-20(27)28-5)7-6-10-23-19(22-4)24-12-16-8-9-17(21)15(3)11-16/h8-9,11,14H,6-7,10,12-13H2,1-5H3,(H2,22,23,24). The number of aliphatic imine (C=N–C) groups is 1. The van der Waals surface area contributed by atoms with Gasteiger partial charge in [-0.15, -0.1) is 10.2 Å². The molecule has 2 aromatic rings. The number of guanidine groups is 1. The maximum atomic E-state index is 13.4. The average Bonchev–Trinajstić information content (AvgIpc) is 3.04. The third kappa shape index (κ3) is 6.51. The van der Waals surface area contributed by atoms with Crippen molar-refractivity contribution >= 4 is 17.7 Å². The van der Waals surface area contributed by atoms with Crippen molar-refractivity contribution in [2.24, 2.45) is 10.9 Å². The maximum absolute atomic E-state index is 13.4. The molecule has 2 N–H and O–H groups in total. The van der Waals surface area contributed by atoms with E-state index in [-0.39, 0.29) is 5.82 Å². The Morgan fingerprint density at radius 3 is 2.71 bits per heavy atom. The third-order valence-electron chi connectivity index (χ3n) is 4.30. The minimum absolute atomic E-state index is 0.179. The van der Waals surface area contributed by atoms with Crippen LogP contribution < -0.4 is 10.6 Å². The lowest BCUT2D eigenvalue weighted by molar-refractivity contribution is 0.477. The van der Waals surface area contributed by atoms with Gasteiger partial charge in [-0.05, 0) is 42.7 Å².